The van der Waals surface area contributed by atoms with Crippen LogP contribution in [0.2, 0.25) is 0 Å². The average Bonchev–Trinajstić information content (AvgIpc) is 2.57. The van der Waals surface area contributed by atoms with Gasteiger partial charge in [-0.2, -0.15) is 0 Å². The maximum Gasteiger partial charge on any atom is 0.0695 e. The Bertz CT molecular complexity index is 524. The fourth-order valence-corrected chi connectivity index (χ4v) is 5.33. The van der Waals surface area contributed by atoms with Gasteiger partial charge in [-0.1, -0.05) is 37.1 Å². The Hall–Kier alpha value is -0.570. The molecule has 128 valence electrons. The number of nitrogens with zero attached hydrogens (tertiary/aromatic N) is 1. The number of aliphatic hydroxyl groups is 1. The largest absolute Gasteiger partial charge is 0.391 e. The zero-order chi connectivity index (χ0) is 15.0. The number of likely N-dealkylation sites (tertiary alicyclic amines) is 1. The van der Waals surface area contributed by atoms with Crippen molar-refractivity contribution in [3.8, 4) is 0 Å². The van der Waals surface area contributed by atoms with E-state index in [1.165, 1.54) is 64.5 Å². The van der Waals surface area contributed by atoms with Crippen LogP contribution < -0.4 is 0 Å². The maximum atomic E-state index is 10.3. The second kappa shape index (κ2) is 7.13. The predicted molar refractivity (Wildman–Crippen MR) is 97.4 cm³/mol. The summed E-state index contributed by atoms with van der Waals surface area (Å²) in [5, 5.41) is 10.3. The average molecular weight is 336 g/mol. The van der Waals surface area contributed by atoms with E-state index < -0.39 is 0 Å². The minimum absolute atomic E-state index is 0. The number of hydrogen-bond donors (Lipinski definition) is 1. The summed E-state index contributed by atoms with van der Waals surface area (Å²) in [6, 6.07) is 9.59. The SMILES string of the molecule is Cl.OC1CCCCC1N1CCC2(CCCc3ccccc32)CC1. The number of hydrogen-bond acceptors (Lipinski definition) is 2. The lowest BCUT2D eigenvalue weighted by Crippen LogP contribution is -2.52. The molecule has 0 bridgehead atoms. The van der Waals surface area contributed by atoms with Crippen LogP contribution in [0, 0.1) is 0 Å². The first-order chi connectivity index (χ1) is 10.8. The van der Waals surface area contributed by atoms with E-state index in [4.69, 9.17) is 0 Å². The molecule has 1 spiro atoms. The molecule has 2 fully saturated rings. The van der Waals surface area contributed by atoms with Crippen molar-refractivity contribution in [2.45, 2.75) is 75.3 Å². The van der Waals surface area contributed by atoms with Crippen LogP contribution in [-0.4, -0.2) is 35.2 Å². The van der Waals surface area contributed by atoms with Gasteiger partial charge in [0.2, 0.25) is 0 Å². The highest BCUT2D eigenvalue weighted by atomic mass is 35.5. The van der Waals surface area contributed by atoms with Crippen LogP contribution in [0.5, 0.6) is 0 Å². The quantitative estimate of drug-likeness (QED) is 0.835. The molecule has 2 aliphatic carbocycles. The van der Waals surface area contributed by atoms with Crippen molar-refractivity contribution in [1.82, 2.24) is 4.90 Å². The number of rotatable bonds is 1. The molecule has 0 aromatic heterocycles. The lowest BCUT2D eigenvalue weighted by Gasteiger charge is -2.48. The molecule has 4 rings (SSSR count). The van der Waals surface area contributed by atoms with Gasteiger partial charge in [0.05, 0.1) is 6.10 Å². The second-order valence-corrected chi connectivity index (χ2v) is 7.75. The maximum absolute atomic E-state index is 10.3. The van der Waals surface area contributed by atoms with Gasteiger partial charge < -0.3 is 5.11 Å². The fourth-order valence-electron chi connectivity index (χ4n) is 5.33. The van der Waals surface area contributed by atoms with Gasteiger partial charge in [0.25, 0.3) is 0 Å². The molecule has 1 aromatic rings. The van der Waals surface area contributed by atoms with E-state index in [0.29, 0.717) is 11.5 Å². The van der Waals surface area contributed by atoms with E-state index in [2.05, 4.69) is 29.2 Å². The number of aliphatic hydroxyl groups excluding tert-OH is 1. The van der Waals surface area contributed by atoms with Crippen molar-refractivity contribution in [3.63, 3.8) is 0 Å². The summed E-state index contributed by atoms with van der Waals surface area (Å²) < 4.78 is 0. The van der Waals surface area contributed by atoms with Crippen molar-refractivity contribution < 1.29 is 5.11 Å². The van der Waals surface area contributed by atoms with E-state index in [1.807, 2.05) is 0 Å². The topological polar surface area (TPSA) is 23.5 Å². The van der Waals surface area contributed by atoms with Gasteiger partial charge >= 0.3 is 0 Å². The zero-order valence-electron chi connectivity index (χ0n) is 14.0. The monoisotopic (exact) mass is 335 g/mol. The number of aryl methyl sites for hydroxylation is 1. The van der Waals surface area contributed by atoms with Crippen molar-refractivity contribution in [3.05, 3.63) is 35.4 Å². The summed E-state index contributed by atoms with van der Waals surface area (Å²) in [6.45, 7) is 2.35. The zero-order valence-corrected chi connectivity index (χ0v) is 14.9. The Morgan fingerprint density at radius 2 is 1.70 bits per heavy atom. The van der Waals surface area contributed by atoms with Gasteiger partial charge in [0.15, 0.2) is 0 Å². The Balaban J connectivity index is 0.00000156. The van der Waals surface area contributed by atoms with Crippen LogP contribution >= 0.6 is 12.4 Å². The van der Waals surface area contributed by atoms with Crippen LogP contribution in [0.3, 0.4) is 0 Å². The molecule has 0 amide bonds. The Morgan fingerprint density at radius 3 is 2.48 bits per heavy atom. The molecular weight excluding hydrogens is 306 g/mol. The Morgan fingerprint density at radius 1 is 0.957 bits per heavy atom. The van der Waals surface area contributed by atoms with E-state index in [0.717, 1.165) is 6.42 Å². The fraction of sp³-hybridized carbons (Fsp3) is 0.700. The molecule has 2 atom stereocenters. The van der Waals surface area contributed by atoms with Crippen molar-refractivity contribution in [1.29, 1.82) is 0 Å². The number of piperidine rings is 1. The standard InChI is InChI=1S/C20H29NO.ClH/c22-19-10-4-3-9-18(19)21-14-12-20(13-15-21)11-5-7-16-6-1-2-8-17(16)20;/h1-2,6,8,18-19,22H,3-5,7,9-15H2;1H. The molecule has 2 unspecified atom stereocenters. The van der Waals surface area contributed by atoms with Crippen LogP contribution in [0.4, 0.5) is 0 Å². The van der Waals surface area contributed by atoms with Crippen molar-refractivity contribution in [2.24, 2.45) is 0 Å². The van der Waals surface area contributed by atoms with Gasteiger partial charge in [0, 0.05) is 6.04 Å². The molecule has 1 aromatic carbocycles. The number of fused-ring (bicyclic) bond motifs is 2. The molecule has 1 N–H and O–H groups in total. The summed E-state index contributed by atoms with van der Waals surface area (Å²) in [7, 11) is 0. The van der Waals surface area contributed by atoms with E-state index >= 15 is 0 Å². The highest BCUT2D eigenvalue weighted by Crippen LogP contribution is 2.45. The molecule has 3 heteroatoms. The first kappa shape index (κ1) is 17.3. The van der Waals surface area contributed by atoms with Crippen LogP contribution in [0.25, 0.3) is 0 Å². The smallest absolute Gasteiger partial charge is 0.0695 e. The minimum atomic E-state index is -0.0820. The number of halogens is 1. The lowest BCUT2D eigenvalue weighted by molar-refractivity contribution is -0.00219. The van der Waals surface area contributed by atoms with E-state index in [9.17, 15) is 5.11 Å². The van der Waals surface area contributed by atoms with Gasteiger partial charge in [-0.3, -0.25) is 4.90 Å². The third-order valence-corrected chi connectivity index (χ3v) is 6.61. The third kappa shape index (κ3) is 3.18. The predicted octanol–water partition coefficient (Wildman–Crippen LogP) is 4.08. The second-order valence-electron chi connectivity index (χ2n) is 7.75. The first-order valence-electron chi connectivity index (χ1n) is 9.29. The van der Waals surface area contributed by atoms with Crippen molar-refractivity contribution in [2.75, 3.05) is 13.1 Å². The van der Waals surface area contributed by atoms with Crippen molar-refractivity contribution >= 4 is 12.4 Å². The highest BCUT2D eigenvalue weighted by molar-refractivity contribution is 5.85. The summed E-state index contributed by atoms with van der Waals surface area (Å²) in [6.07, 6.45) is 11.2. The summed E-state index contributed by atoms with van der Waals surface area (Å²) in [5.41, 5.74) is 3.68. The minimum Gasteiger partial charge on any atom is -0.391 e. The third-order valence-electron chi connectivity index (χ3n) is 6.61. The summed E-state index contributed by atoms with van der Waals surface area (Å²) in [5.74, 6) is 0. The molecule has 1 heterocycles. The molecule has 1 saturated heterocycles. The van der Waals surface area contributed by atoms with Crippen LogP contribution in [0.15, 0.2) is 24.3 Å². The lowest BCUT2D eigenvalue weighted by atomic mass is 9.64. The Kier molecular flexibility index (Phi) is 5.35. The van der Waals surface area contributed by atoms with Gasteiger partial charge in [0.1, 0.15) is 0 Å². The van der Waals surface area contributed by atoms with Gasteiger partial charge in [-0.05, 0) is 74.6 Å². The first-order valence-corrected chi connectivity index (χ1v) is 9.29. The van der Waals surface area contributed by atoms with Gasteiger partial charge in [-0.15, -0.1) is 12.4 Å². The molecule has 2 nitrogen and oxygen atoms in total. The molecule has 3 aliphatic rings. The van der Waals surface area contributed by atoms with Crippen LogP contribution in [0.1, 0.15) is 62.5 Å². The highest BCUT2D eigenvalue weighted by Gasteiger charge is 2.41. The molecule has 23 heavy (non-hydrogen) atoms. The number of benzene rings is 1. The van der Waals surface area contributed by atoms with E-state index in [1.54, 1.807) is 11.1 Å². The molecule has 1 saturated carbocycles. The molecule has 1 aliphatic heterocycles. The summed E-state index contributed by atoms with van der Waals surface area (Å²) in [4.78, 5) is 2.60. The van der Waals surface area contributed by atoms with E-state index in [-0.39, 0.29) is 18.5 Å². The van der Waals surface area contributed by atoms with Gasteiger partial charge in [-0.25, -0.2) is 0 Å². The molecule has 0 radical (unpaired) electrons. The Labute approximate surface area is 146 Å². The molecular formula is C20H30ClNO. The summed E-state index contributed by atoms with van der Waals surface area (Å²) >= 11 is 0. The van der Waals surface area contributed by atoms with Crippen LogP contribution in [-0.2, 0) is 11.8 Å². The normalized spacial score (nSPS) is 30.5.